The fraction of sp³-hybridized carbons (Fsp3) is 0.100. The highest BCUT2D eigenvalue weighted by Crippen LogP contribution is 2.09. The molecule has 1 saturated heterocycles. The lowest BCUT2D eigenvalue weighted by molar-refractivity contribution is 0.250. The first-order valence-electron chi connectivity index (χ1n) is 5.26. The molecule has 92 valence electrons. The third kappa shape index (κ3) is 1.44. The molecular formula is C10H10N6O2. The third-order valence-corrected chi connectivity index (χ3v) is 2.69. The van der Waals surface area contributed by atoms with E-state index in [1.807, 2.05) is 13.0 Å². The lowest BCUT2D eigenvalue weighted by Crippen LogP contribution is -2.41. The quantitative estimate of drug-likeness (QED) is 0.628. The summed E-state index contributed by atoms with van der Waals surface area (Å²) < 4.78 is 1.40. The van der Waals surface area contributed by atoms with Gasteiger partial charge in [0.15, 0.2) is 0 Å². The summed E-state index contributed by atoms with van der Waals surface area (Å²) in [5, 5.41) is 1.06. The van der Waals surface area contributed by atoms with Crippen molar-refractivity contribution >= 4 is 17.4 Å². The van der Waals surface area contributed by atoms with E-state index < -0.39 is 6.03 Å². The van der Waals surface area contributed by atoms with Crippen molar-refractivity contribution in [2.45, 2.75) is 6.92 Å². The number of hydrazine groups is 3. The van der Waals surface area contributed by atoms with E-state index in [2.05, 4.69) is 21.5 Å². The van der Waals surface area contributed by atoms with Crippen LogP contribution in [0.3, 0.4) is 0 Å². The molecule has 0 saturated carbocycles. The number of anilines is 1. The summed E-state index contributed by atoms with van der Waals surface area (Å²) in [4.78, 5) is 27.9. The molecule has 3 N–H and O–H groups in total. The van der Waals surface area contributed by atoms with Gasteiger partial charge >= 0.3 is 6.03 Å². The molecule has 1 aliphatic heterocycles. The van der Waals surface area contributed by atoms with Gasteiger partial charge in [0.05, 0.1) is 6.20 Å². The number of amides is 2. The summed E-state index contributed by atoms with van der Waals surface area (Å²) in [7, 11) is 0. The maximum Gasteiger partial charge on any atom is 0.353 e. The van der Waals surface area contributed by atoms with Crippen molar-refractivity contribution in [3.8, 4) is 0 Å². The average molecular weight is 246 g/mol. The monoisotopic (exact) mass is 246 g/mol. The van der Waals surface area contributed by atoms with Gasteiger partial charge in [0.2, 0.25) is 0 Å². The molecule has 8 nitrogen and oxygen atoms in total. The molecule has 2 aromatic heterocycles. The van der Waals surface area contributed by atoms with E-state index in [9.17, 15) is 9.59 Å². The summed E-state index contributed by atoms with van der Waals surface area (Å²) in [6.07, 6.45) is 2.98. The molecule has 0 bridgehead atoms. The minimum Gasteiger partial charge on any atom is -0.266 e. The number of hydrogen-bond acceptors (Lipinski definition) is 5. The number of urea groups is 1. The van der Waals surface area contributed by atoms with Crippen LogP contribution in [-0.4, -0.2) is 15.4 Å². The van der Waals surface area contributed by atoms with Crippen LogP contribution in [0.5, 0.6) is 0 Å². The van der Waals surface area contributed by atoms with Crippen molar-refractivity contribution in [3.63, 3.8) is 0 Å². The number of aryl methyl sites for hydroxylation is 1. The molecule has 3 rings (SSSR count). The molecule has 0 radical (unpaired) electrons. The Balaban J connectivity index is 2.24. The zero-order valence-corrected chi connectivity index (χ0v) is 9.47. The zero-order chi connectivity index (χ0) is 12.7. The molecule has 1 fully saturated rings. The molecule has 8 heteroatoms. The Kier molecular flexibility index (Phi) is 2.25. The molecular weight excluding hydrogens is 236 g/mol. The van der Waals surface area contributed by atoms with E-state index in [1.165, 1.54) is 10.6 Å². The van der Waals surface area contributed by atoms with Crippen LogP contribution in [0, 0.1) is 6.92 Å². The van der Waals surface area contributed by atoms with Gasteiger partial charge in [-0.25, -0.2) is 14.8 Å². The normalized spacial score (nSPS) is 15.2. The number of carbonyl (C=O) groups is 1. The highest BCUT2D eigenvalue weighted by Gasteiger charge is 2.24. The Morgan fingerprint density at radius 3 is 2.89 bits per heavy atom. The largest absolute Gasteiger partial charge is 0.353 e. The molecule has 18 heavy (non-hydrogen) atoms. The molecule has 0 unspecified atom stereocenters. The predicted octanol–water partition coefficient (Wildman–Crippen LogP) is -0.543. The molecule has 3 heterocycles. The van der Waals surface area contributed by atoms with E-state index in [4.69, 9.17) is 0 Å². The number of aromatic nitrogens is 2. The van der Waals surface area contributed by atoms with E-state index in [0.717, 1.165) is 10.6 Å². The second-order valence-corrected chi connectivity index (χ2v) is 3.84. The van der Waals surface area contributed by atoms with Crippen molar-refractivity contribution in [3.05, 3.63) is 40.4 Å². The summed E-state index contributed by atoms with van der Waals surface area (Å²) in [5.41, 5.74) is 8.50. The summed E-state index contributed by atoms with van der Waals surface area (Å²) in [6.45, 7) is 1.86. The smallest absolute Gasteiger partial charge is 0.266 e. The molecule has 2 amide bonds. The van der Waals surface area contributed by atoms with Crippen LogP contribution in [-0.2, 0) is 0 Å². The summed E-state index contributed by atoms with van der Waals surface area (Å²) >= 11 is 0. The topological polar surface area (TPSA) is 90.8 Å². The number of hydrogen-bond donors (Lipinski definition) is 3. The van der Waals surface area contributed by atoms with E-state index >= 15 is 0 Å². The van der Waals surface area contributed by atoms with E-state index in [-0.39, 0.29) is 11.2 Å². The van der Waals surface area contributed by atoms with Crippen molar-refractivity contribution in [1.82, 2.24) is 25.9 Å². The predicted molar refractivity (Wildman–Crippen MR) is 63.5 cm³/mol. The number of carbonyl (C=O) groups excluding carboxylic acids is 1. The van der Waals surface area contributed by atoms with Crippen LogP contribution in [0.15, 0.2) is 29.3 Å². The van der Waals surface area contributed by atoms with Crippen molar-refractivity contribution in [1.29, 1.82) is 0 Å². The van der Waals surface area contributed by atoms with Gasteiger partial charge < -0.3 is 0 Å². The van der Waals surface area contributed by atoms with Gasteiger partial charge in [0, 0.05) is 6.20 Å². The third-order valence-electron chi connectivity index (χ3n) is 2.69. The molecule has 0 aliphatic carbocycles. The Morgan fingerprint density at radius 1 is 1.33 bits per heavy atom. The van der Waals surface area contributed by atoms with Gasteiger partial charge in [-0.05, 0) is 18.6 Å². The first kappa shape index (κ1) is 10.7. The van der Waals surface area contributed by atoms with E-state index in [1.54, 1.807) is 12.3 Å². The Hall–Kier alpha value is -2.45. The van der Waals surface area contributed by atoms with Crippen LogP contribution >= 0.6 is 0 Å². The van der Waals surface area contributed by atoms with Crippen LogP contribution in [0.25, 0.3) is 5.65 Å². The maximum atomic E-state index is 12.2. The molecule has 0 spiro atoms. The first-order valence-corrected chi connectivity index (χ1v) is 5.26. The number of pyridine rings is 1. The Bertz CT molecular complexity index is 694. The van der Waals surface area contributed by atoms with Crippen LogP contribution in [0.4, 0.5) is 10.5 Å². The zero-order valence-electron chi connectivity index (χ0n) is 9.47. The van der Waals surface area contributed by atoms with Gasteiger partial charge in [-0.15, -0.1) is 11.1 Å². The van der Waals surface area contributed by atoms with Crippen molar-refractivity contribution in [2.24, 2.45) is 0 Å². The number of nitrogens with one attached hydrogen (secondary N) is 3. The fourth-order valence-electron chi connectivity index (χ4n) is 1.80. The first-order chi connectivity index (χ1) is 8.68. The second-order valence-electron chi connectivity index (χ2n) is 3.84. The standard InChI is InChI=1S/C10H10N6O2/c1-6-3-2-4-15-8(6)11-5-7(9(15)17)16-10(18)12-13-14-16/h2-5,13-14H,1H3,(H,12,18). The minimum absolute atomic E-state index is 0.139. The fourth-order valence-corrected chi connectivity index (χ4v) is 1.80. The summed E-state index contributed by atoms with van der Waals surface area (Å²) in [6, 6.07) is 3.15. The van der Waals surface area contributed by atoms with Gasteiger partial charge in [-0.3, -0.25) is 14.6 Å². The van der Waals surface area contributed by atoms with E-state index in [0.29, 0.717) is 5.65 Å². The van der Waals surface area contributed by atoms with Gasteiger partial charge in [-0.1, -0.05) is 6.07 Å². The number of fused-ring (bicyclic) bond motifs is 1. The second kappa shape index (κ2) is 3.79. The Labute approximate surface area is 101 Å². The van der Waals surface area contributed by atoms with Crippen LogP contribution in [0.2, 0.25) is 0 Å². The number of rotatable bonds is 1. The average Bonchev–Trinajstić information content (AvgIpc) is 2.77. The lowest BCUT2D eigenvalue weighted by atomic mass is 10.3. The highest BCUT2D eigenvalue weighted by atomic mass is 16.2. The van der Waals surface area contributed by atoms with Crippen LogP contribution in [0.1, 0.15) is 5.56 Å². The molecule has 0 atom stereocenters. The van der Waals surface area contributed by atoms with Gasteiger partial charge in [-0.2, -0.15) is 0 Å². The van der Waals surface area contributed by atoms with Crippen molar-refractivity contribution < 1.29 is 4.79 Å². The minimum atomic E-state index is -0.471. The van der Waals surface area contributed by atoms with Crippen molar-refractivity contribution in [2.75, 3.05) is 5.01 Å². The van der Waals surface area contributed by atoms with Gasteiger partial charge in [0.1, 0.15) is 11.3 Å². The lowest BCUT2D eigenvalue weighted by Gasteiger charge is -2.12. The molecule has 0 aromatic carbocycles. The Morgan fingerprint density at radius 2 is 2.17 bits per heavy atom. The SMILES string of the molecule is Cc1cccn2c(=O)c(N3NNNC3=O)cnc12. The number of nitrogens with zero attached hydrogens (tertiary/aromatic N) is 3. The molecule has 1 aliphatic rings. The maximum absolute atomic E-state index is 12.2. The van der Waals surface area contributed by atoms with Crippen LogP contribution < -0.4 is 27.1 Å². The molecule has 2 aromatic rings. The van der Waals surface area contributed by atoms with Gasteiger partial charge in [0.25, 0.3) is 5.56 Å². The summed E-state index contributed by atoms with van der Waals surface area (Å²) in [5.74, 6) is 0. The highest BCUT2D eigenvalue weighted by molar-refractivity contribution is 5.91.